The number of aryl methyl sites for hydroxylation is 1. The highest BCUT2D eigenvalue weighted by atomic mass is 32.2. The molecule has 1 atom stereocenters. The molecule has 2 aromatic carbocycles. The minimum Gasteiger partial charge on any atom is -0.294 e. The predicted molar refractivity (Wildman–Crippen MR) is 79.9 cm³/mol. The van der Waals surface area contributed by atoms with Crippen molar-refractivity contribution in [2.45, 2.75) is 18.2 Å². The van der Waals surface area contributed by atoms with Crippen molar-refractivity contribution in [3.8, 4) is 0 Å². The quantitative estimate of drug-likeness (QED) is 0.814. The van der Waals surface area contributed by atoms with Crippen molar-refractivity contribution in [2.24, 2.45) is 5.92 Å². The fourth-order valence-electron chi connectivity index (χ4n) is 2.57. The molecule has 0 amide bonds. The summed E-state index contributed by atoms with van der Waals surface area (Å²) in [6.45, 7) is 2.08. The third kappa shape index (κ3) is 2.45. The number of carbonyl (C=O) groups excluding carboxylic acids is 1. The maximum Gasteiger partial charge on any atom is 0.168 e. The van der Waals surface area contributed by atoms with Crippen LogP contribution in [0.2, 0.25) is 0 Å². The molecule has 0 spiro atoms. The lowest BCUT2D eigenvalue weighted by atomic mass is 9.91. The first kappa shape index (κ1) is 12.5. The van der Waals surface area contributed by atoms with E-state index in [9.17, 15) is 4.79 Å². The van der Waals surface area contributed by atoms with Crippen LogP contribution in [0, 0.1) is 12.8 Å². The Morgan fingerprint density at radius 3 is 2.68 bits per heavy atom. The van der Waals surface area contributed by atoms with Crippen LogP contribution in [-0.4, -0.2) is 11.5 Å². The summed E-state index contributed by atoms with van der Waals surface area (Å²) in [6, 6.07) is 16.3. The van der Waals surface area contributed by atoms with Gasteiger partial charge in [-0.3, -0.25) is 4.79 Å². The molecule has 2 heteroatoms. The van der Waals surface area contributed by atoms with Gasteiger partial charge in [-0.2, -0.15) is 0 Å². The Labute approximate surface area is 118 Å². The molecule has 96 valence electrons. The van der Waals surface area contributed by atoms with E-state index in [0.29, 0.717) is 5.78 Å². The first-order valence-electron chi connectivity index (χ1n) is 6.56. The van der Waals surface area contributed by atoms with Gasteiger partial charge in [0, 0.05) is 22.1 Å². The van der Waals surface area contributed by atoms with Crippen LogP contribution < -0.4 is 0 Å². The third-order valence-corrected chi connectivity index (χ3v) is 5.00. The van der Waals surface area contributed by atoms with Crippen LogP contribution in [0.5, 0.6) is 0 Å². The number of Topliss-reactive ketones (excluding diaryl/α,β-unsaturated/α-hetero) is 1. The molecule has 0 aromatic heterocycles. The largest absolute Gasteiger partial charge is 0.294 e. The van der Waals surface area contributed by atoms with Crippen LogP contribution in [0.4, 0.5) is 0 Å². The Morgan fingerprint density at radius 1 is 1.11 bits per heavy atom. The van der Waals surface area contributed by atoms with Gasteiger partial charge in [0.1, 0.15) is 0 Å². The van der Waals surface area contributed by atoms with Crippen LogP contribution in [0.3, 0.4) is 0 Å². The predicted octanol–water partition coefficient (Wildman–Crippen LogP) is 4.14. The van der Waals surface area contributed by atoms with Gasteiger partial charge in [0.05, 0.1) is 0 Å². The molecule has 0 saturated heterocycles. The number of hydrogen-bond acceptors (Lipinski definition) is 2. The Kier molecular flexibility index (Phi) is 3.43. The van der Waals surface area contributed by atoms with Crippen molar-refractivity contribution in [2.75, 3.05) is 5.75 Å². The average Bonchev–Trinajstić information content (AvgIpc) is 2.44. The number of ketones is 1. The molecular weight excluding hydrogens is 252 g/mol. The summed E-state index contributed by atoms with van der Waals surface area (Å²) in [5.74, 6) is 1.31. The van der Waals surface area contributed by atoms with E-state index in [4.69, 9.17) is 0 Å². The normalized spacial score (nSPS) is 18.2. The Bertz CT molecular complexity index is 604. The van der Waals surface area contributed by atoms with E-state index >= 15 is 0 Å². The van der Waals surface area contributed by atoms with Crippen molar-refractivity contribution >= 4 is 17.5 Å². The number of fused-ring (bicyclic) bond motifs is 1. The van der Waals surface area contributed by atoms with E-state index in [2.05, 4.69) is 25.1 Å². The summed E-state index contributed by atoms with van der Waals surface area (Å²) in [6.07, 6.45) is 0.847. The summed E-state index contributed by atoms with van der Waals surface area (Å²) in [4.78, 5) is 13.7. The smallest absolute Gasteiger partial charge is 0.168 e. The van der Waals surface area contributed by atoms with E-state index in [1.807, 2.05) is 42.1 Å². The molecule has 0 radical (unpaired) electrons. The molecule has 0 N–H and O–H groups in total. The molecule has 0 fully saturated rings. The van der Waals surface area contributed by atoms with Crippen LogP contribution in [0.25, 0.3) is 0 Å². The molecular formula is C17H16OS. The second-order valence-electron chi connectivity index (χ2n) is 5.01. The van der Waals surface area contributed by atoms with Crippen LogP contribution >= 0.6 is 11.8 Å². The first-order valence-corrected chi connectivity index (χ1v) is 7.55. The molecule has 3 rings (SSSR count). The summed E-state index contributed by atoms with van der Waals surface area (Å²) >= 11 is 1.83. The number of carbonyl (C=O) groups is 1. The van der Waals surface area contributed by atoms with Crippen LogP contribution in [-0.2, 0) is 6.42 Å². The van der Waals surface area contributed by atoms with E-state index in [-0.39, 0.29) is 5.92 Å². The standard InChI is InChI=1S/C17H16OS/c1-12-6-5-9-15-16(18)14(11-19-17(12)15)10-13-7-3-2-4-8-13/h2-9,14H,10-11H2,1H3. The van der Waals surface area contributed by atoms with Gasteiger partial charge >= 0.3 is 0 Å². The molecule has 0 saturated carbocycles. The zero-order chi connectivity index (χ0) is 13.2. The fraction of sp³-hybridized carbons (Fsp3) is 0.235. The van der Waals surface area contributed by atoms with Crippen LogP contribution in [0.15, 0.2) is 53.4 Å². The van der Waals surface area contributed by atoms with Crippen molar-refractivity contribution in [1.29, 1.82) is 0 Å². The summed E-state index contributed by atoms with van der Waals surface area (Å²) in [7, 11) is 0. The minimum absolute atomic E-state index is 0.113. The van der Waals surface area contributed by atoms with Gasteiger partial charge in [0.25, 0.3) is 0 Å². The van der Waals surface area contributed by atoms with Gasteiger partial charge in [-0.15, -0.1) is 11.8 Å². The van der Waals surface area contributed by atoms with E-state index in [0.717, 1.165) is 17.7 Å². The van der Waals surface area contributed by atoms with E-state index in [1.54, 1.807) is 0 Å². The molecule has 0 aliphatic carbocycles. The lowest BCUT2D eigenvalue weighted by Crippen LogP contribution is -2.24. The molecule has 1 aliphatic heterocycles. The average molecular weight is 268 g/mol. The monoisotopic (exact) mass is 268 g/mol. The molecule has 0 bridgehead atoms. The Balaban J connectivity index is 1.86. The van der Waals surface area contributed by atoms with Crippen molar-refractivity contribution in [3.63, 3.8) is 0 Å². The summed E-state index contributed by atoms with van der Waals surface area (Å²) in [5.41, 5.74) is 3.38. The highest BCUT2D eigenvalue weighted by Gasteiger charge is 2.28. The molecule has 2 aromatic rings. The molecule has 1 heterocycles. The van der Waals surface area contributed by atoms with Crippen LogP contribution in [0.1, 0.15) is 21.5 Å². The second-order valence-corrected chi connectivity index (χ2v) is 6.04. The molecule has 19 heavy (non-hydrogen) atoms. The maximum atomic E-state index is 12.6. The zero-order valence-corrected chi connectivity index (χ0v) is 11.7. The van der Waals surface area contributed by atoms with Gasteiger partial charge < -0.3 is 0 Å². The maximum absolute atomic E-state index is 12.6. The summed E-state index contributed by atoms with van der Waals surface area (Å²) < 4.78 is 0. The first-order chi connectivity index (χ1) is 9.25. The molecule has 1 nitrogen and oxygen atoms in total. The Morgan fingerprint density at radius 2 is 1.89 bits per heavy atom. The Hall–Kier alpha value is -1.54. The lowest BCUT2D eigenvalue weighted by Gasteiger charge is -2.24. The summed E-state index contributed by atoms with van der Waals surface area (Å²) in [5, 5.41) is 0. The number of thioether (sulfide) groups is 1. The van der Waals surface area contributed by atoms with Gasteiger partial charge in [-0.05, 0) is 24.5 Å². The molecule has 1 unspecified atom stereocenters. The highest BCUT2D eigenvalue weighted by molar-refractivity contribution is 7.99. The van der Waals surface area contributed by atoms with Gasteiger partial charge in [-0.1, -0.05) is 48.5 Å². The second kappa shape index (κ2) is 5.22. The van der Waals surface area contributed by atoms with E-state index in [1.165, 1.54) is 16.0 Å². The van der Waals surface area contributed by atoms with Crippen molar-refractivity contribution in [1.82, 2.24) is 0 Å². The highest BCUT2D eigenvalue weighted by Crippen LogP contribution is 2.36. The van der Waals surface area contributed by atoms with Gasteiger partial charge in [-0.25, -0.2) is 0 Å². The lowest BCUT2D eigenvalue weighted by molar-refractivity contribution is 0.0926. The van der Waals surface area contributed by atoms with Gasteiger partial charge in [0.2, 0.25) is 0 Å². The van der Waals surface area contributed by atoms with Gasteiger partial charge in [0.15, 0.2) is 5.78 Å². The number of benzene rings is 2. The fourth-order valence-corrected chi connectivity index (χ4v) is 3.82. The minimum atomic E-state index is 0.113. The SMILES string of the molecule is Cc1cccc2c1SCC(Cc1ccccc1)C2=O. The molecule has 1 aliphatic rings. The van der Waals surface area contributed by atoms with Crippen molar-refractivity contribution in [3.05, 3.63) is 65.2 Å². The van der Waals surface area contributed by atoms with Crippen molar-refractivity contribution < 1.29 is 4.79 Å². The number of hydrogen-bond donors (Lipinski definition) is 0. The third-order valence-electron chi connectivity index (χ3n) is 3.60. The zero-order valence-electron chi connectivity index (χ0n) is 10.9. The van der Waals surface area contributed by atoms with E-state index < -0.39 is 0 Å². The number of rotatable bonds is 2. The topological polar surface area (TPSA) is 17.1 Å².